The van der Waals surface area contributed by atoms with Gasteiger partial charge in [0.25, 0.3) is 0 Å². The van der Waals surface area contributed by atoms with Crippen molar-refractivity contribution in [2.75, 3.05) is 13.7 Å². The van der Waals surface area contributed by atoms with Gasteiger partial charge in [0.1, 0.15) is 11.6 Å². The van der Waals surface area contributed by atoms with Crippen LogP contribution in [-0.2, 0) is 16.6 Å². The molecule has 3 nitrogen and oxygen atoms in total. The average Bonchev–Trinajstić information content (AvgIpc) is 2.53. The molecule has 1 N–H and O–H groups in total. The highest BCUT2D eigenvalue weighted by Crippen LogP contribution is 2.24. The van der Waals surface area contributed by atoms with E-state index in [1.165, 1.54) is 12.1 Å². The van der Waals surface area contributed by atoms with Gasteiger partial charge in [-0.25, -0.2) is 4.39 Å². The summed E-state index contributed by atoms with van der Waals surface area (Å²) in [6.45, 7) is 4.64. The van der Waals surface area contributed by atoms with Crippen LogP contribution in [0.15, 0.2) is 48.5 Å². The molecular formula is C19H22FNO2. The fraction of sp³-hybridized carbons (Fsp3) is 0.316. The average molecular weight is 315 g/mol. The van der Waals surface area contributed by atoms with E-state index in [9.17, 15) is 9.18 Å². The number of halogens is 1. The molecule has 0 spiro atoms. The Balaban J connectivity index is 1.93. The summed E-state index contributed by atoms with van der Waals surface area (Å²) in [5.41, 5.74) is 1.58. The van der Waals surface area contributed by atoms with E-state index in [1.807, 2.05) is 24.3 Å². The summed E-state index contributed by atoms with van der Waals surface area (Å²) in [4.78, 5) is 12.0. The second kappa shape index (κ2) is 7.27. The molecule has 0 heterocycles. The lowest BCUT2D eigenvalue weighted by Gasteiger charge is -2.26. The standard InChI is InChI=1S/C19H22FNO2/c1-19(2,15-7-9-17(23-3)10-8-15)13-21-18(22)12-14-5-4-6-16(20)11-14/h4-11H,12-13H2,1-3H3,(H,21,22). The van der Waals surface area contributed by atoms with Crippen LogP contribution in [0.5, 0.6) is 5.75 Å². The fourth-order valence-corrected chi connectivity index (χ4v) is 2.36. The van der Waals surface area contributed by atoms with E-state index in [2.05, 4.69) is 19.2 Å². The number of carbonyl (C=O) groups is 1. The Morgan fingerprint density at radius 1 is 1.17 bits per heavy atom. The lowest BCUT2D eigenvalue weighted by molar-refractivity contribution is -0.120. The first kappa shape index (κ1) is 17.0. The summed E-state index contributed by atoms with van der Waals surface area (Å²) in [6.07, 6.45) is 0.177. The van der Waals surface area contributed by atoms with Gasteiger partial charge in [-0.05, 0) is 35.4 Å². The van der Waals surface area contributed by atoms with Crippen molar-refractivity contribution in [2.45, 2.75) is 25.7 Å². The maximum absolute atomic E-state index is 13.1. The SMILES string of the molecule is COc1ccc(C(C)(C)CNC(=O)Cc2cccc(F)c2)cc1. The Kier molecular flexibility index (Phi) is 5.37. The van der Waals surface area contributed by atoms with Crippen LogP contribution in [0, 0.1) is 5.82 Å². The van der Waals surface area contributed by atoms with Gasteiger partial charge in [-0.3, -0.25) is 4.79 Å². The molecule has 0 fully saturated rings. The van der Waals surface area contributed by atoms with Gasteiger partial charge in [0.2, 0.25) is 5.91 Å². The maximum atomic E-state index is 13.1. The highest BCUT2D eigenvalue weighted by molar-refractivity contribution is 5.78. The maximum Gasteiger partial charge on any atom is 0.224 e. The van der Waals surface area contributed by atoms with Crippen molar-refractivity contribution < 1.29 is 13.9 Å². The number of rotatable bonds is 6. The molecule has 0 unspecified atom stereocenters. The second-order valence-corrected chi connectivity index (χ2v) is 6.20. The van der Waals surface area contributed by atoms with Gasteiger partial charge in [0, 0.05) is 12.0 Å². The topological polar surface area (TPSA) is 38.3 Å². The molecule has 122 valence electrons. The number of carbonyl (C=O) groups excluding carboxylic acids is 1. The van der Waals surface area contributed by atoms with E-state index in [0.29, 0.717) is 12.1 Å². The van der Waals surface area contributed by atoms with Gasteiger partial charge < -0.3 is 10.1 Å². The van der Waals surface area contributed by atoms with E-state index in [4.69, 9.17) is 4.74 Å². The molecule has 23 heavy (non-hydrogen) atoms. The van der Waals surface area contributed by atoms with E-state index in [1.54, 1.807) is 19.2 Å². The molecule has 0 saturated heterocycles. The third-order valence-electron chi connectivity index (χ3n) is 3.85. The first-order chi connectivity index (χ1) is 10.9. The smallest absolute Gasteiger partial charge is 0.224 e. The minimum atomic E-state index is -0.325. The second-order valence-electron chi connectivity index (χ2n) is 6.20. The number of hydrogen-bond donors (Lipinski definition) is 1. The van der Waals surface area contributed by atoms with Crippen molar-refractivity contribution in [2.24, 2.45) is 0 Å². The van der Waals surface area contributed by atoms with Crippen LogP contribution in [0.2, 0.25) is 0 Å². The number of ether oxygens (including phenoxy) is 1. The first-order valence-electron chi connectivity index (χ1n) is 7.56. The summed E-state index contributed by atoms with van der Waals surface area (Å²) < 4.78 is 18.3. The molecular weight excluding hydrogens is 293 g/mol. The van der Waals surface area contributed by atoms with Crippen LogP contribution in [-0.4, -0.2) is 19.6 Å². The normalized spacial score (nSPS) is 11.1. The molecule has 0 saturated carbocycles. The van der Waals surface area contributed by atoms with E-state index < -0.39 is 0 Å². The number of nitrogens with one attached hydrogen (secondary N) is 1. The third-order valence-corrected chi connectivity index (χ3v) is 3.85. The van der Waals surface area contributed by atoms with Crippen LogP contribution in [0.1, 0.15) is 25.0 Å². The highest BCUT2D eigenvalue weighted by Gasteiger charge is 2.21. The van der Waals surface area contributed by atoms with Crippen molar-refractivity contribution >= 4 is 5.91 Å². The largest absolute Gasteiger partial charge is 0.497 e. The van der Waals surface area contributed by atoms with Crippen LogP contribution in [0.25, 0.3) is 0 Å². The zero-order valence-electron chi connectivity index (χ0n) is 13.7. The molecule has 0 aromatic heterocycles. The molecule has 4 heteroatoms. The lowest BCUT2D eigenvalue weighted by atomic mass is 9.84. The molecule has 0 aliphatic carbocycles. The van der Waals surface area contributed by atoms with Crippen molar-refractivity contribution in [3.05, 3.63) is 65.5 Å². The van der Waals surface area contributed by atoms with Gasteiger partial charge in [-0.2, -0.15) is 0 Å². The van der Waals surface area contributed by atoms with Crippen molar-refractivity contribution in [3.63, 3.8) is 0 Å². The predicted molar refractivity (Wildman–Crippen MR) is 89.1 cm³/mol. The highest BCUT2D eigenvalue weighted by atomic mass is 19.1. The zero-order valence-corrected chi connectivity index (χ0v) is 13.7. The fourth-order valence-electron chi connectivity index (χ4n) is 2.36. The summed E-state index contributed by atoms with van der Waals surface area (Å²) in [7, 11) is 1.63. The number of methoxy groups -OCH3 is 1. The summed E-state index contributed by atoms with van der Waals surface area (Å²) >= 11 is 0. The number of benzene rings is 2. The van der Waals surface area contributed by atoms with E-state index in [-0.39, 0.29) is 23.6 Å². The number of amides is 1. The molecule has 0 atom stereocenters. The zero-order chi connectivity index (χ0) is 16.9. The summed E-state index contributed by atoms with van der Waals surface area (Å²) in [6, 6.07) is 13.9. The van der Waals surface area contributed by atoms with Crippen LogP contribution in [0.3, 0.4) is 0 Å². The van der Waals surface area contributed by atoms with E-state index >= 15 is 0 Å². The molecule has 0 aliphatic heterocycles. The Labute approximate surface area is 136 Å². The molecule has 2 rings (SSSR count). The minimum Gasteiger partial charge on any atom is -0.497 e. The Hall–Kier alpha value is -2.36. The molecule has 2 aromatic carbocycles. The van der Waals surface area contributed by atoms with Crippen LogP contribution >= 0.6 is 0 Å². The van der Waals surface area contributed by atoms with Gasteiger partial charge in [0.05, 0.1) is 13.5 Å². The quantitative estimate of drug-likeness (QED) is 0.886. The van der Waals surface area contributed by atoms with Gasteiger partial charge in [-0.1, -0.05) is 38.1 Å². The van der Waals surface area contributed by atoms with Gasteiger partial charge in [0.15, 0.2) is 0 Å². The van der Waals surface area contributed by atoms with Gasteiger partial charge >= 0.3 is 0 Å². The van der Waals surface area contributed by atoms with Crippen LogP contribution < -0.4 is 10.1 Å². The Morgan fingerprint density at radius 3 is 2.48 bits per heavy atom. The van der Waals surface area contributed by atoms with Crippen molar-refractivity contribution in [1.82, 2.24) is 5.32 Å². The molecule has 0 bridgehead atoms. The van der Waals surface area contributed by atoms with Crippen molar-refractivity contribution in [3.8, 4) is 5.75 Å². The van der Waals surface area contributed by atoms with Crippen LogP contribution in [0.4, 0.5) is 4.39 Å². The minimum absolute atomic E-state index is 0.114. The lowest BCUT2D eigenvalue weighted by Crippen LogP contribution is -2.37. The predicted octanol–water partition coefficient (Wildman–Crippen LogP) is 3.47. The van der Waals surface area contributed by atoms with E-state index in [0.717, 1.165) is 11.3 Å². The molecule has 0 radical (unpaired) electrons. The van der Waals surface area contributed by atoms with Crippen molar-refractivity contribution in [1.29, 1.82) is 0 Å². The molecule has 0 aliphatic rings. The summed E-state index contributed by atoms with van der Waals surface area (Å²) in [5.74, 6) is 0.366. The molecule has 2 aromatic rings. The monoisotopic (exact) mass is 315 g/mol. The van der Waals surface area contributed by atoms with Gasteiger partial charge in [-0.15, -0.1) is 0 Å². The first-order valence-corrected chi connectivity index (χ1v) is 7.56. The number of hydrogen-bond acceptors (Lipinski definition) is 2. The Morgan fingerprint density at radius 2 is 1.87 bits per heavy atom. The Bertz CT molecular complexity index is 665. The molecule has 1 amide bonds. The third kappa shape index (κ3) is 4.81. The summed E-state index contributed by atoms with van der Waals surface area (Å²) in [5, 5.41) is 2.93.